The molecule has 4 aliphatic rings. The van der Waals surface area contributed by atoms with E-state index in [1.807, 2.05) is 0 Å². The third-order valence-corrected chi connectivity index (χ3v) is 13.8. The largest absolute Gasteiger partial charge is 0.469 e. The Kier molecular flexibility index (Phi) is 21.8. The number of carbonyl (C=O) groups excluding carboxylic acids is 10. The van der Waals surface area contributed by atoms with E-state index in [2.05, 4.69) is 36.4 Å². The van der Waals surface area contributed by atoms with Gasteiger partial charge < -0.3 is 86.9 Å². The van der Waals surface area contributed by atoms with Crippen LogP contribution in [0.2, 0.25) is 0 Å². The van der Waals surface area contributed by atoms with E-state index in [1.165, 1.54) is 51.3 Å². The summed E-state index contributed by atoms with van der Waals surface area (Å²) in [5, 5.41) is 47.3. The van der Waals surface area contributed by atoms with Crippen molar-refractivity contribution in [2.45, 2.75) is 185 Å². The number of rotatable bonds is 22. The fourth-order valence-corrected chi connectivity index (χ4v) is 9.53. The number of ether oxygens (including phenoxy) is 2. The number of phosphoric acid groups is 1. The lowest BCUT2D eigenvalue weighted by atomic mass is 9.99. The summed E-state index contributed by atoms with van der Waals surface area (Å²) >= 11 is 0. The van der Waals surface area contributed by atoms with Crippen molar-refractivity contribution >= 4 is 66.9 Å². The quantitative estimate of drug-likeness (QED) is 0.0450. The van der Waals surface area contributed by atoms with Gasteiger partial charge in [0.05, 0.1) is 12.7 Å². The van der Waals surface area contributed by atoms with Gasteiger partial charge in [-0.2, -0.15) is 0 Å². The molecule has 0 saturated carbocycles. The number of amides is 10. The van der Waals surface area contributed by atoms with E-state index in [4.69, 9.17) is 15.2 Å². The number of nitrogens with one attached hydrogen (secondary N) is 6. The van der Waals surface area contributed by atoms with E-state index >= 15 is 0 Å². The van der Waals surface area contributed by atoms with Crippen LogP contribution in [0.5, 0.6) is 0 Å². The third-order valence-electron chi connectivity index (χ3n) is 13.3. The molecule has 74 heavy (non-hydrogen) atoms. The van der Waals surface area contributed by atoms with Gasteiger partial charge in [-0.3, -0.25) is 52.5 Å². The summed E-state index contributed by atoms with van der Waals surface area (Å²) < 4.78 is 27.3. The van der Waals surface area contributed by atoms with Crippen molar-refractivity contribution in [2.75, 3.05) is 26.2 Å². The summed E-state index contributed by atoms with van der Waals surface area (Å²) in [6.45, 7) is 10.5. The molecule has 0 aromatic heterocycles. The molecule has 0 radical (unpaired) electrons. The van der Waals surface area contributed by atoms with Crippen LogP contribution in [0.4, 0.5) is 0 Å². The fourth-order valence-electron chi connectivity index (χ4n) is 9.19. The van der Waals surface area contributed by atoms with Gasteiger partial charge in [0.2, 0.25) is 59.1 Å². The van der Waals surface area contributed by atoms with Crippen LogP contribution < -0.4 is 37.6 Å². The van der Waals surface area contributed by atoms with Gasteiger partial charge >= 0.3 is 7.82 Å². The van der Waals surface area contributed by atoms with Crippen molar-refractivity contribution < 1.29 is 91.6 Å². The molecule has 4 heterocycles. The lowest BCUT2D eigenvalue weighted by Crippen LogP contribution is -2.63. The maximum Gasteiger partial charge on any atom is 0.469 e. The van der Waals surface area contributed by atoms with Gasteiger partial charge in [-0.15, -0.1) is 0 Å². The normalized spacial score (nSPS) is 26.9. The second kappa shape index (κ2) is 26.4. The molecule has 13 N–H and O–H groups in total. The Morgan fingerprint density at radius 1 is 0.595 bits per heavy atom. The Bertz CT molecular complexity index is 2150. The molecule has 4 saturated heterocycles. The Morgan fingerprint density at radius 3 is 1.49 bits per heavy atom. The van der Waals surface area contributed by atoms with E-state index in [-0.39, 0.29) is 38.9 Å². The molecule has 4 aliphatic heterocycles. The van der Waals surface area contributed by atoms with Gasteiger partial charge in [-0.25, -0.2) is 4.57 Å². The molecule has 418 valence electrons. The van der Waals surface area contributed by atoms with Crippen molar-refractivity contribution in [1.82, 2.24) is 46.6 Å². The summed E-state index contributed by atoms with van der Waals surface area (Å²) in [4.78, 5) is 155. The molecule has 0 aromatic rings. The van der Waals surface area contributed by atoms with Gasteiger partial charge in [0, 0.05) is 26.6 Å². The lowest BCUT2D eigenvalue weighted by Gasteiger charge is -2.42. The minimum atomic E-state index is -5.14. The Hall–Kier alpha value is -5.39. The molecule has 0 spiro atoms. The van der Waals surface area contributed by atoms with Crippen LogP contribution in [0.3, 0.4) is 0 Å². The van der Waals surface area contributed by atoms with Crippen LogP contribution in [-0.4, -0.2) is 216 Å². The van der Waals surface area contributed by atoms with Crippen LogP contribution in [-0.2, 0) is 66.5 Å². The van der Waals surface area contributed by atoms with Gasteiger partial charge in [-0.05, 0) is 79.1 Å². The minimum absolute atomic E-state index is 0.0577. The molecule has 30 heteroatoms. The molecule has 4 rings (SSSR count). The molecule has 10 amide bonds. The van der Waals surface area contributed by atoms with Crippen molar-refractivity contribution in [3.8, 4) is 0 Å². The van der Waals surface area contributed by atoms with Crippen molar-refractivity contribution in [1.29, 1.82) is 0 Å². The highest BCUT2D eigenvalue weighted by molar-refractivity contribution is 7.46. The second-order valence-electron chi connectivity index (χ2n) is 19.4. The van der Waals surface area contributed by atoms with Crippen molar-refractivity contribution in [3.63, 3.8) is 0 Å². The maximum atomic E-state index is 14.8. The van der Waals surface area contributed by atoms with E-state index < -0.39 is 171 Å². The number of hydrogen-bond acceptors (Lipinski definition) is 17. The Morgan fingerprint density at radius 2 is 1.03 bits per heavy atom. The molecule has 29 nitrogen and oxygen atoms in total. The van der Waals surface area contributed by atoms with Crippen molar-refractivity contribution in [3.05, 3.63) is 0 Å². The number of aliphatic hydroxyl groups is 3. The summed E-state index contributed by atoms with van der Waals surface area (Å²) in [5.41, 5.74) is 5.44. The zero-order valence-corrected chi connectivity index (χ0v) is 43.5. The van der Waals surface area contributed by atoms with E-state index in [9.17, 15) is 77.6 Å². The van der Waals surface area contributed by atoms with Gasteiger partial charge in [0.15, 0.2) is 6.29 Å². The number of hydrogen-bond donors (Lipinski definition) is 12. The monoisotopic (exact) mass is 1080 g/mol. The number of nitrogens with two attached hydrogens (primary N) is 1. The average Bonchev–Trinajstić information content (AvgIpc) is 4.13. The highest BCUT2D eigenvalue weighted by Gasteiger charge is 2.49. The van der Waals surface area contributed by atoms with Crippen LogP contribution in [0, 0.1) is 5.92 Å². The number of carbonyl (C=O) groups is 10. The van der Waals surface area contributed by atoms with E-state index in [1.54, 1.807) is 13.8 Å². The van der Waals surface area contributed by atoms with Crippen molar-refractivity contribution in [2.24, 2.45) is 11.7 Å². The molecule has 0 aromatic carbocycles. The Labute approximate surface area is 427 Å². The summed E-state index contributed by atoms with van der Waals surface area (Å²) in [6.07, 6.45) is -9.60. The first-order chi connectivity index (χ1) is 34.4. The molecule has 0 unspecified atom stereocenters. The number of aliphatic hydroxyl groups excluding tert-OH is 3. The molecule has 15 atom stereocenters. The maximum absolute atomic E-state index is 14.8. The number of primary amides is 1. The molecular weight excluding hydrogens is 1000 g/mol. The minimum Gasteiger partial charge on any atom is -0.387 e. The topological polar surface area (TPSA) is 425 Å². The molecule has 4 fully saturated rings. The number of nitrogens with zero attached hydrogens (tertiary/aromatic N) is 3. The first-order valence-electron chi connectivity index (χ1n) is 24.5. The smallest absolute Gasteiger partial charge is 0.387 e. The summed E-state index contributed by atoms with van der Waals surface area (Å²) in [6, 6.07) is -10.9. The standard InChI is InChI=1S/C44H73N10O19P/c1-19(2)30(40(64)47-21(4)37(61)49-22(5)41(65)52-15-9-12-26(52)35(45)59)50-38(62)28-14-11-17-54(28)43(67)31(24(7)72-44-34(58)33(57)32(56)29(73-44)18-71-74(68,69)70)51-39(63)27-13-10-16-53(27)42(66)23(6)48-36(60)20(3)46-25(8)55/h19-24,26-34,44,56-58H,9-18H2,1-8H3,(H2,45,59)(H,46,55)(H,47,64)(H,48,60)(H,49,61)(H,50,62)(H,51,63)(H2,68,69,70)/t20-,21-,22-,23-,24+,26-,27-,28-,29+,30-,31-,32+,33-,34-,44-/m0/s1. The molecule has 0 bridgehead atoms. The van der Waals surface area contributed by atoms with Crippen LogP contribution in [0.1, 0.15) is 93.9 Å². The number of phosphoric ester groups is 1. The van der Waals surface area contributed by atoms with Crippen LogP contribution in [0.15, 0.2) is 0 Å². The average molecular weight is 1080 g/mol. The highest BCUT2D eigenvalue weighted by atomic mass is 31.2. The zero-order chi connectivity index (χ0) is 55.7. The first-order valence-corrected chi connectivity index (χ1v) is 26.0. The van der Waals surface area contributed by atoms with E-state index in [0.717, 1.165) is 4.90 Å². The number of likely N-dealkylation sites (tertiary alicyclic amines) is 3. The van der Waals surface area contributed by atoms with E-state index in [0.29, 0.717) is 19.3 Å². The van der Waals surface area contributed by atoms with Gasteiger partial charge in [0.25, 0.3) is 0 Å². The fraction of sp³-hybridized carbons (Fsp3) is 0.773. The lowest BCUT2D eigenvalue weighted by molar-refractivity contribution is -0.310. The summed E-state index contributed by atoms with van der Waals surface area (Å²) in [7, 11) is -5.14. The summed E-state index contributed by atoms with van der Waals surface area (Å²) in [5.74, 6) is -7.82. The Balaban J connectivity index is 1.54. The molecular formula is C44H73N10O19P. The van der Waals surface area contributed by atoms with Gasteiger partial charge in [0.1, 0.15) is 78.8 Å². The first kappa shape index (κ1) is 61.2. The molecule has 0 aliphatic carbocycles. The SMILES string of the molecule is CC(=O)N[C@@H](C)C(=O)N[C@@H](C)C(=O)N1CCC[C@H]1C(=O)N[C@H](C(=O)N1CCC[C@H]1C(=O)N[C@H](C(=O)N[C@@H](C)C(=O)N[C@@H](C)C(=O)N1CCC[C@H]1C(N)=O)C(C)C)[C@@H](C)O[C@H]1O[C@H](COP(=O)(O)O)[C@@H](O)[C@H](O)[C@@H]1O. The van der Waals surface area contributed by atoms with Crippen LogP contribution >= 0.6 is 7.82 Å². The predicted molar refractivity (Wildman–Crippen MR) is 253 cm³/mol. The highest BCUT2D eigenvalue weighted by Crippen LogP contribution is 2.37. The second-order valence-corrected chi connectivity index (χ2v) is 20.7. The van der Waals surface area contributed by atoms with Gasteiger partial charge in [-0.1, -0.05) is 13.8 Å². The predicted octanol–water partition coefficient (Wildman–Crippen LogP) is -5.57. The van der Waals surface area contributed by atoms with Crippen LogP contribution in [0.25, 0.3) is 0 Å². The third kappa shape index (κ3) is 15.8. The zero-order valence-electron chi connectivity index (χ0n) is 42.6.